The van der Waals surface area contributed by atoms with E-state index < -0.39 is 5.82 Å². The first-order valence-electron chi connectivity index (χ1n) is 10.2. The van der Waals surface area contributed by atoms with E-state index in [0.29, 0.717) is 17.2 Å². The fourth-order valence-electron chi connectivity index (χ4n) is 4.59. The fraction of sp³-hybridized carbons (Fsp3) is 0.571. The molecular weight excluding hydrogens is 357 g/mol. The number of rotatable bonds is 6. The van der Waals surface area contributed by atoms with Gasteiger partial charge in [-0.15, -0.1) is 5.10 Å². The van der Waals surface area contributed by atoms with Gasteiger partial charge < -0.3 is 10.1 Å². The van der Waals surface area contributed by atoms with E-state index in [2.05, 4.69) is 25.4 Å². The van der Waals surface area contributed by atoms with Crippen molar-refractivity contribution in [3.05, 3.63) is 30.2 Å². The third-order valence-corrected chi connectivity index (χ3v) is 6.14. The van der Waals surface area contributed by atoms with Gasteiger partial charge in [0.15, 0.2) is 11.6 Å². The van der Waals surface area contributed by atoms with Crippen LogP contribution in [0.1, 0.15) is 44.9 Å². The monoisotopic (exact) mass is 385 g/mol. The Labute approximate surface area is 165 Å². The molecule has 6 nitrogen and oxygen atoms in total. The summed E-state index contributed by atoms with van der Waals surface area (Å²) in [6, 6.07) is 4.80. The number of nitrogens with one attached hydrogen (secondary N) is 1. The average molecular weight is 385 g/mol. The van der Waals surface area contributed by atoms with Crippen LogP contribution in [0.4, 0.5) is 10.3 Å². The lowest BCUT2D eigenvalue weighted by atomic mass is 9.92. The highest BCUT2D eigenvalue weighted by atomic mass is 19.1. The molecule has 2 heterocycles. The summed E-state index contributed by atoms with van der Waals surface area (Å²) in [4.78, 5) is 7.24. The Morgan fingerprint density at radius 3 is 2.64 bits per heavy atom. The molecule has 1 aliphatic carbocycles. The van der Waals surface area contributed by atoms with E-state index in [1.165, 1.54) is 71.2 Å². The van der Waals surface area contributed by atoms with Gasteiger partial charge >= 0.3 is 0 Å². The number of hydrogen-bond acceptors (Lipinski definition) is 6. The zero-order valence-corrected chi connectivity index (χ0v) is 16.5. The first-order chi connectivity index (χ1) is 13.7. The molecule has 2 aliphatic rings. The Kier molecular flexibility index (Phi) is 5.71. The van der Waals surface area contributed by atoms with Gasteiger partial charge in [-0.25, -0.2) is 9.37 Å². The molecule has 0 amide bonds. The summed E-state index contributed by atoms with van der Waals surface area (Å²) >= 11 is 0. The molecular formula is C21H28FN5O. The van der Waals surface area contributed by atoms with Gasteiger partial charge in [0.2, 0.25) is 5.95 Å². The summed E-state index contributed by atoms with van der Waals surface area (Å²) in [5.74, 6) is 0.300. The van der Waals surface area contributed by atoms with Crippen molar-refractivity contribution in [1.82, 2.24) is 20.1 Å². The number of aromatic nitrogens is 3. The number of anilines is 1. The van der Waals surface area contributed by atoms with Gasteiger partial charge in [0, 0.05) is 17.6 Å². The minimum atomic E-state index is -0.414. The number of halogens is 1. The number of piperidine rings is 1. The molecule has 2 aromatic rings. The van der Waals surface area contributed by atoms with Gasteiger partial charge in [-0.2, -0.15) is 5.10 Å². The predicted octanol–water partition coefficient (Wildman–Crippen LogP) is 3.90. The van der Waals surface area contributed by atoms with Crippen LogP contribution in [0.2, 0.25) is 0 Å². The molecule has 0 unspecified atom stereocenters. The quantitative estimate of drug-likeness (QED) is 0.814. The molecule has 4 rings (SSSR count). The number of ether oxygens (including phenoxy) is 1. The Hall–Kier alpha value is -2.28. The minimum Gasteiger partial charge on any atom is -0.494 e. The lowest BCUT2D eigenvalue weighted by Crippen LogP contribution is -2.53. The highest BCUT2D eigenvalue weighted by molar-refractivity contribution is 5.60. The largest absolute Gasteiger partial charge is 0.494 e. The molecule has 2 fully saturated rings. The van der Waals surface area contributed by atoms with Crippen LogP contribution in [0.3, 0.4) is 0 Å². The van der Waals surface area contributed by atoms with Gasteiger partial charge in [0.25, 0.3) is 0 Å². The van der Waals surface area contributed by atoms with Crippen molar-refractivity contribution in [2.24, 2.45) is 0 Å². The molecule has 1 aromatic heterocycles. The normalized spacial score (nSPS) is 19.5. The summed E-state index contributed by atoms with van der Waals surface area (Å²) in [5.41, 5.74) is 1.45. The first kappa shape index (κ1) is 19.1. The standard InChI is InChI=1S/C21H28FN5O/c1-28-19-8-7-16(13-17(19)22)18-14-24-26-20(25-18)23-15-21(9-3-4-10-21)27-11-5-2-6-12-27/h7-8,13-14H,2-6,9-12,15H2,1H3,(H,23,25,26). The lowest BCUT2D eigenvalue weighted by Gasteiger charge is -2.43. The van der Waals surface area contributed by atoms with Crippen LogP contribution < -0.4 is 10.1 Å². The van der Waals surface area contributed by atoms with Crippen molar-refractivity contribution in [3.8, 4) is 17.0 Å². The lowest BCUT2D eigenvalue weighted by molar-refractivity contribution is 0.0807. The molecule has 0 spiro atoms. The van der Waals surface area contributed by atoms with Crippen molar-refractivity contribution < 1.29 is 9.13 Å². The third kappa shape index (κ3) is 3.94. The van der Waals surface area contributed by atoms with E-state index >= 15 is 0 Å². The molecule has 1 N–H and O–H groups in total. The van der Waals surface area contributed by atoms with Crippen molar-refractivity contribution in [2.45, 2.75) is 50.5 Å². The van der Waals surface area contributed by atoms with Crippen LogP contribution in [0.5, 0.6) is 5.75 Å². The Balaban J connectivity index is 1.49. The maximum Gasteiger partial charge on any atom is 0.243 e. The second-order valence-electron chi connectivity index (χ2n) is 7.85. The second kappa shape index (κ2) is 8.39. The van der Waals surface area contributed by atoms with E-state index in [0.717, 1.165) is 6.54 Å². The van der Waals surface area contributed by atoms with Crippen LogP contribution in [0.15, 0.2) is 24.4 Å². The molecule has 1 saturated carbocycles. The Bertz CT molecular complexity index is 803. The fourth-order valence-corrected chi connectivity index (χ4v) is 4.59. The molecule has 1 aliphatic heterocycles. The summed E-state index contributed by atoms with van der Waals surface area (Å²) in [6.45, 7) is 3.20. The van der Waals surface area contributed by atoms with Crippen molar-refractivity contribution in [2.75, 3.05) is 32.1 Å². The smallest absolute Gasteiger partial charge is 0.243 e. The van der Waals surface area contributed by atoms with E-state index in [1.54, 1.807) is 18.3 Å². The molecule has 0 radical (unpaired) electrons. The summed E-state index contributed by atoms with van der Waals surface area (Å²) in [6.07, 6.45) is 10.5. The van der Waals surface area contributed by atoms with Gasteiger partial charge in [0.05, 0.1) is 19.0 Å². The third-order valence-electron chi connectivity index (χ3n) is 6.14. The van der Waals surface area contributed by atoms with Crippen LogP contribution in [0.25, 0.3) is 11.3 Å². The van der Waals surface area contributed by atoms with E-state index in [4.69, 9.17) is 4.74 Å². The maximum atomic E-state index is 14.0. The van der Waals surface area contributed by atoms with Crippen LogP contribution >= 0.6 is 0 Å². The summed E-state index contributed by atoms with van der Waals surface area (Å²) in [5, 5.41) is 11.6. The zero-order chi connectivity index (χ0) is 19.4. The van der Waals surface area contributed by atoms with Crippen molar-refractivity contribution >= 4 is 5.95 Å². The number of likely N-dealkylation sites (tertiary alicyclic amines) is 1. The van der Waals surface area contributed by atoms with Gasteiger partial charge in [-0.1, -0.05) is 19.3 Å². The highest BCUT2D eigenvalue weighted by Crippen LogP contribution is 2.37. The summed E-state index contributed by atoms with van der Waals surface area (Å²) < 4.78 is 19.0. The number of benzene rings is 1. The molecule has 7 heteroatoms. The van der Waals surface area contributed by atoms with E-state index in [-0.39, 0.29) is 11.3 Å². The van der Waals surface area contributed by atoms with Gasteiger partial charge in [-0.05, 0) is 57.0 Å². The minimum absolute atomic E-state index is 0.200. The van der Waals surface area contributed by atoms with Crippen molar-refractivity contribution in [3.63, 3.8) is 0 Å². The molecule has 1 aromatic carbocycles. The molecule has 1 saturated heterocycles. The second-order valence-corrected chi connectivity index (χ2v) is 7.85. The van der Waals surface area contributed by atoms with Crippen LogP contribution in [0, 0.1) is 5.82 Å². The first-order valence-corrected chi connectivity index (χ1v) is 10.2. The van der Waals surface area contributed by atoms with Crippen LogP contribution in [-0.4, -0.2) is 52.4 Å². The number of nitrogens with zero attached hydrogens (tertiary/aromatic N) is 4. The molecule has 0 bridgehead atoms. The number of methoxy groups -OCH3 is 1. The van der Waals surface area contributed by atoms with Gasteiger partial charge in [-0.3, -0.25) is 4.90 Å². The topological polar surface area (TPSA) is 63.2 Å². The Morgan fingerprint density at radius 1 is 1.14 bits per heavy atom. The zero-order valence-electron chi connectivity index (χ0n) is 16.5. The molecule has 0 atom stereocenters. The predicted molar refractivity (Wildman–Crippen MR) is 107 cm³/mol. The Morgan fingerprint density at radius 2 is 1.93 bits per heavy atom. The summed E-state index contributed by atoms with van der Waals surface area (Å²) in [7, 11) is 1.45. The molecule has 28 heavy (non-hydrogen) atoms. The van der Waals surface area contributed by atoms with Crippen molar-refractivity contribution in [1.29, 1.82) is 0 Å². The average Bonchev–Trinajstić information content (AvgIpc) is 3.23. The van der Waals surface area contributed by atoms with E-state index in [9.17, 15) is 4.39 Å². The molecule has 150 valence electrons. The number of hydrogen-bond donors (Lipinski definition) is 1. The highest BCUT2D eigenvalue weighted by Gasteiger charge is 2.39. The SMILES string of the molecule is COc1ccc(-c2cnnc(NCC3(N4CCCCC4)CCCC3)n2)cc1F. The maximum absolute atomic E-state index is 14.0. The van der Waals surface area contributed by atoms with E-state index in [1.807, 2.05) is 0 Å². The van der Waals surface area contributed by atoms with Gasteiger partial charge in [0.1, 0.15) is 0 Å². The van der Waals surface area contributed by atoms with Crippen LogP contribution in [-0.2, 0) is 0 Å².